The van der Waals surface area contributed by atoms with Crippen LogP contribution in [0.1, 0.15) is 47.7 Å². The Morgan fingerprint density at radius 3 is 2.54 bits per heavy atom. The number of carbonyl (C=O) groups is 5. The van der Waals surface area contributed by atoms with Gasteiger partial charge in [-0.3, -0.25) is 33.8 Å². The summed E-state index contributed by atoms with van der Waals surface area (Å²) in [7, 11) is 1.61. The summed E-state index contributed by atoms with van der Waals surface area (Å²) < 4.78 is 21.3. The maximum Gasteiger partial charge on any atom is 0.235 e. The molecule has 0 aromatic heterocycles. The van der Waals surface area contributed by atoms with E-state index in [0.717, 1.165) is 6.42 Å². The quantitative estimate of drug-likeness (QED) is 0.378. The van der Waals surface area contributed by atoms with Crippen LogP contribution in [0.3, 0.4) is 0 Å². The topological polar surface area (TPSA) is 168 Å². The standard InChI is InChI=1S/C29H36FN3O8/c1-3-4-5-32(2)23-17-11-14-10-16-20(18(34)12-15(22(16)30)13-33-6-8-41-9-7-33)24(35)19(14)26(37)29(17,40)27(38)21(25(23)36)28(31)39/h12,14,17,19,21,23,34,40H,3-11,13H2,1-2H3,(H2,31,39). The molecule has 2 saturated carbocycles. The first-order valence-corrected chi connectivity index (χ1v) is 14.1. The van der Waals surface area contributed by atoms with Crippen LogP contribution < -0.4 is 5.73 Å². The van der Waals surface area contributed by atoms with Gasteiger partial charge >= 0.3 is 0 Å². The van der Waals surface area contributed by atoms with Gasteiger partial charge in [0.15, 0.2) is 34.7 Å². The zero-order valence-electron chi connectivity index (χ0n) is 23.2. The van der Waals surface area contributed by atoms with Gasteiger partial charge in [-0.05, 0) is 44.8 Å². The molecule has 1 aliphatic heterocycles. The number of hydrogen-bond donors (Lipinski definition) is 3. The molecule has 6 atom stereocenters. The molecular weight excluding hydrogens is 537 g/mol. The number of carbonyl (C=O) groups excluding carboxylic acids is 5. The Bertz CT molecular complexity index is 1310. The number of ether oxygens (including phenoxy) is 1. The van der Waals surface area contributed by atoms with Crippen LogP contribution in [0.4, 0.5) is 4.39 Å². The molecule has 4 aliphatic rings. The maximum atomic E-state index is 15.9. The Labute approximate surface area is 236 Å². The Hall–Kier alpha value is -3.06. The summed E-state index contributed by atoms with van der Waals surface area (Å²) in [6, 6.07) is -0.00655. The van der Waals surface area contributed by atoms with Crippen LogP contribution >= 0.6 is 0 Å². The number of phenols is 1. The summed E-state index contributed by atoms with van der Waals surface area (Å²) in [4.78, 5) is 70.5. The number of morpholine rings is 1. The number of unbranched alkanes of at least 4 members (excludes halogenated alkanes) is 1. The largest absolute Gasteiger partial charge is 0.507 e. The minimum atomic E-state index is -2.81. The van der Waals surface area contributed by atoms with E-state index in [4.69, 9.17) is 10.5 Å². The van der Waals surface area contributed by atoms with Crippen molar-refractivity contribution in [1.82, 2.24) is 9.80 Å². The smallest absolute Gasteiger partial charge is 0.235 e. The summed E-state index contributed by atoms with van der Waals surface area (Å²) >= 11 is 0. The minimum Gasteiger partial charge on any atom is -0.507 e. The molecule has 1 saturated heterocycles. The van der Waals surface area contributed by atoms with Gasteiger partial charge in [0, 0.05) is 36.7 Å². The molecule has 12 heteroatoms. The van der Waals surface area contributed by atoms with Crippen LogP contribution in [0.2, 0.25) is 0 Å². The average Bonchev–Trinajstić information content (AvgIpc) is 2.92. The van der Waals surface area contributed by atoms with Crippen molar-refractivity contribution >= 4 is 29.0 Å². The first kappa shape index (κ1) is 29.4. The van der Waals surface area contributed by atoms with Crippen LogP contribution in [-0.2, 0) is 36.9 Å². The SMILES string of the molecule is CCCCN(C)C1C(=O)C(C(N)=O)C(=O)C2(O)C(=O)C3C(=O)c4c(O)cc(CN5CCOCC5)c(F)c4CC3CC12. The minimum absolute atomic E-state index is 0.0166. The zero-order valence-corrected chi connectivity index (χ0v) is 23.2. The molecule has 3 aliphatic carbocycles. The number of likely N-dealkylation sites (N-methyl/N-ethyl adjacent to an activating group) is 1. The van der Waals surface area contributed by atoms with Crippen LogP contribution in [0.15, 0.2) is 6.07 Å². The van der Waals surface area contributed by atoms with Gasteiger partial charge in [0.1, 0.15) is 11.6 Å². The van der Waals surface area contributed by atoms with Crippen molar-refractivity contribution < 1.29 is 43.3 Å². The number of phenolic OH excluding ortho intramolecular Hbond substituents is 1. The van der Waals surface area contributed by atoms with Crippen molar-refractivity contribution in [2.24, 2.45) is 29.4 Å². The van der Waals surface area contributed by atoms with Crippen LogP contribution in [0, 0.1) is 29.5 Å². The number of aromatic hydroxyl groups is 1. The van der Waals surface area contributed by atoms with E-state index in [2.05, 4.69) is 0 Å². The fourth-order valence-corrected chi connectivity index (χ4v) is 7.28. The summed E-state index contributed by atoms with van der Waals surface area (Å²) in [6.07, 6.45) is 1.23. The molecule has 1 aromatic carbocycles. The lowest BCUT2D eigenvalue weighted by atomic mass is 9.52. The molecule has 1 aromatic rings. The molecule has 6 unspecified atom stereocenters. The molecule has 0 radical (unpaired) electrons. The van der Waals surface area contributed by atoms with Crippen molar-refractivity contribution in [2.45, 2.75) is 50.8 Å². The van der Waals surface area contributed by atoms with E-state index in [0.29, 0.717) is 39.3 Å². The number of aliphatic hydroxyl groups is 1. The van der Waals surface area contributed by atoms with E-state index >= 15 is 4.39 Å². The molecule has 41 heavy (non-hydrogen) atoms. The lowest BCUT2D eigenvalue weighted by molar-refractivity contribution is -0.181. The summed E-state index contributed by atoms with van der Waals surface area (Å²) in [5.41, 5.74) is 2.44. The molecule has 1 heterocycles. The predicted octanol–water partition coefficient (Wildman–Crippen LogP) is 0.00860. The Kier molecular flexibility index (Phi) is 7.88. The Balaban J connectivity index is 1.56. The summed E-state index contributed by atoms with van der Waals surface area (Å²) in [5, 5.41) is 22.6. The van der Waals surface area contributed by atoms with Gasteiger partial charge in [-0.2, -0.15) is 0 Å². The van der Waals surface area contributed by atoms with Gasteiger partial charge in [0.05, 0.1) is 30.7 Å². The monoisotopic (exact) mass is 573 g/mol. The predicted molar refractivity (Wildman–Crippen MR) is 141 cm³/mol. The van der Waals surface area contributed by atoms with Crippen molar-refractivity contribution in [2.75, 3.05) is 39.9 Å². The number of ketones is 4. The summed E-state index contributed by atoms with van der Waals surface area (Å²) in [5.74, 6) is -12.2. The summed E-state index contributed by atoms with van der Waals surface area (Å²) in [6.45, 7) is 4.68. The van der Waals surface area contributed by atoms with Gasteiger partial charge in [0.25, 0.3) is 0 Å². The van der Waals surface area contributed by atoms with E-state index in [1.165, 1.54) is 6.07 Å². The first-order valence-electron chi connectivity index (χ1n) is 14.1. The number of primary amides is 1. The van der Waals surface area contributed by atoms with Gasteiger partial charge in [-0.25, -0.2) is 4.39 Å². The molecule has 222 valence electrons. The van der Waals surface area contributed by atoms with Crippen molar-refractivity contribution in [1.29, 1.82) is 0 Å². The van der Waals surface area contributed by atoms with E-state index in [1.807, 2.05) is 11.8 Å². The van der Waals surface area contributed by atoms with E-state index in [1.54, 1.807) is 11.9 Å². The van der Waals surface area contributed by atoms with E-state index < -0.39 is 75.9 Å². The number of hydrogen-bond acceptors (Lipinski definition) is 10. The first-order chi connectivity index (χ1) is 19.4. The molecule has 1 amide bonds. The lowest BCUT2D eigenvalue weighted by Crippen LogP contribution is -2.74. The number of rotatable bonds is 7. The average molecular weight is 574 g/mol. The molecule has 11 nitrogen and oxygen atoms in total. The third kappa shape index (κ3) is 4.61. The highest BCUT2D eigenvalue weighted by Gasteiger charge is 2.69. The number of nitrogens with two attached hydrogens (primary N) is 1. The number of nitrogens with zero attached hydrogens (tertiary/aromatic N) is 2. The molecule has 5 rings (SSSR count). The fraction of sp³-hybridized carbons (Fsp3) is 0.621. The number of halogens is 1. The molecular formula is C29H36FN3O8. The van der Waals surface area contributed by atoms with Gasteiger partial charge < -0.3 is 20.7 Å². The van der Waals surface area contributed by atoms with E-state index in [9.17, 15) is 34.2 Å². The Morgan fingerprint density at radius 1 is 1.22 bits per heavy atom. The highest BCUT2D eigenvalue weighted by molar-refractivity contribution is 6.32. The third-order valence-electron chi connectivity index (χ3n) is 9.35. The second-order valence-electron chi connectivity index (χ2n) is 11.8. The van der Waals surface area contributed by atoms with Crippen molar-refractivity contribution in [3.05, 3.63) is 28.6 Å². The molecule has 0 spiro atoms. The van der Waals surface area contributed by atoms with Crippen molar-refractivity contribution in [3.8, 4) is 5.75 Å². The van der Waals surface area contributed by atoms with Crippen molar-refractivity contribution in [3.63, 3.8) is 0 Å². The van der Waals surface area contributed by atoms with E-state index in [-0.39, 0.29) is 36.1 Å². The van der Waals surface area contributed by atoms with Gasteiger partial charge in [0.2, 0.25) is 5.91 Å². The van der Waals surface area contributed by atoms with Crippen LogP contribution in [-0.4, -0.2) is 101 Å². The second kappa shape index (κ2) is 11.0. The van der Waals surface area contributed by atoms with Crippen LogP contribution in [0.5, 0.6) is 5.75 Å². The third-order valence-corrected chi connectivity index (χ3v) is 9.35. The normalized spacial score (nSPS) is 32.1. The molecule has 0 bridgehead atoms. The highest BCUT2D eigenvalue weighted by atomic mass is 19.1. The highest BCUT2D eigenvalue weighted by Crippen LogP contribution is 2.51. The number of benzene rings is 1. The number of Topliss-reactive ketones (excluding diaryl/α,β-unsaturated/α-hetero) is 4. The Morgan fingerprint density at radius 2 is 1.90 bits per heavy atom. The fourth-order valence-electron chi connectivity index (χ4n) is 7.28. The van der Waals surface area contributed by atoms with Crippen LogP contribution in [0.25, 0.3) is 0 Å². The molecule has 4 N–H and O–H groups in total. The van der Waals surface area contributed by atoms with Gasteiger partial charge in [-0.1, -0.05) is 13.3 Å². The lowest BCUT2D eigenvalue weighted by Gasteiger charge is -2.53. The number of amides is 1. The van der Waals surface area contributed by atoms with Gasteiger partial charge in [-0.15, -0.1) is 0 Å². The number of fused-ring (bicyclic) bond motifs is 3. The second-order valence-corrected chi connectivity index (χ2v) is 11.8. The maximum absolute atomic E-state index is 15.9. The zero-order chi connectivity index (χ0) is 29.8. The molecule has 3 fully saturated rings.